The van der Waals surface area contributed by atoms with Crippen LogP contribution in [0.1, 0.15) is 15.9 Å². The minimum Gasteiger partial charge on any atom is -0.480 e. The van der Waals surface area contributed by atoms with E-state index in [0.29, 0.717) is 16.1 Å². The number of carbonyl (C=O) groups is 1. The fraction of sp³-hybridized carbons (Fsp3) is 0.143. The minimum atomic E-state index is -0.497. The number of hydrogen-bond donors (Lipinski definition) is 0. The van der Waals surface area contributed by atoms with E-state index in [9.17, 15) is 9.18 Å². The molecule has 1 heterocycles. The zero-order chi connectivity index (χ0) is 13.8. The number of ether oxygens (including phenoxy) is 1. The van der Waals surface area contributed by atoms with Crippen LogP contribution in [0.2, 0.25) is 5.02 Å². The molecule has 2 rings (SSSR count). The maximum atomic E-state index is 13.6. The molecule has 0 saturated heterocycles. The highest BCUT2D eigenvalue weighted by Gasteiger charge is 2.15. The van der Waals surface area contributed by atoms with E-state index >= 15 is 0 Å². The van der Waals surface area contributed by atoms with Crippen LogP contribution in [0, 0.1) is 5.82 Å². The van der Waals surface area contributed by atoms with Crippen LogP contribution >= 0.6 is 11.6 Å². The maximum Gasteiger partial charge on any atom is 0.224 e. The van der Waals surface area contributed by atoms with Gasteiger partial charge in [-0.15, -0.1) is 0 Å². The van der Waals surface area contributed by atoms with E-state index < -0.39 is 5.82 Å². The van der Waals surface area contributed by atoms with Gasteiger partial charge in [-0.25, -0.2) is 9.37 Å². The van der Waals surface area contributed by atoms with Crippen LogP contribution in [0.4, 0.5) is 4.39 Å². The molecule has 1 aromatic heterocycles. The number of benzene rings is 1. The average Bonchev–Trinajstić information content (AvgIpc) is 2.41. The molecule has 5 heteroatoms. The Morgan fingerprint density at radius 1 is 1.42 bits per heavy atom. The predicted molar refractivity (Wildman–Crippen MR) is 70.2 cm³/mol. The normalized spacial score (nSPS) is 10.3. The molecule has 19 heavy (non-hydrogen) atoms. The quantitative estimate of drug-likeness (QED) is 0.806. The number of ketones is 1. The molecule has 0 atom stereocenters. The van der Waals surface area contributed by atoms with Gasteiger partial charge >= 0.3 is 0 Å². The molecule has 1 aromatic carbocycles. The van der Waals surface area contributed by atoms with E-state index in [-0.39, 0.29) is 18.1 Å². The molecular weight excluding hydrogens is 269 g/mol. The topological polar surface area (TPSA) is 39.2 Å². The molecule has 0 unspecified atom stereocenters. The molecule has 0 aliphatic rings. The summed E-state index contributed by atoms with van der Waals surface area (Å²) in [5, 5.41) is 0.299. The fourth-order valence-corrected chi connectivity index (χ4v) is 1.86. The summed E-state index contributed by atoms with van der Waals surface area (Å²) in [6.45, 7) is 0. The average molecular weight is 280 g/mol. The molecule has 0 spiro atoms. The largest absolute Gasteiger partial charge is 0.480 e. The summed E-state index contributed by atoms with van der Waals surface area (Å²) in [5.74, 6) is -0.517. The SMILES string of the molecule is COc1ncccc1C(=O)Cc1ccc(Cl)cc1F. The molecule has 0 aliphatic carbocycles. The van der Waals surface area contributed by atoms with Crippen molar-refractivity contribution in [2.24, 2.45) is 0 Å². The van der Waals surface area contributed by atoms with Crippen LogP contribution in [0.15, 0.2) is 36.5 Å². The van der Waals surface area contributed by atoms with Crippen LogP contribution in [0.5, 0.6) is 5.88 Å². The molecule has 3 nitrogen and oxygen atoms in total. The van der Waals surface area contributed by atoms with Gasteiger partial charge in [-0.1, -0.05) is 17.7 Å². The molecule has 0 bridgehead atoms. The Balaban J connectivity index is 2.26. The molecule has 0 radical (unpaired) electrons. The van der Waals surface area contributed by atoms with Gasteiger partial charge in [0.15, 0.2) is 5.78 Å². The smallest absolute Gasteiger partial charge is 0.224 e. The van der Waals surface area contributed by atoms with Gasteiger partial charge in [0.2, 0.25) is 5.88 Å². The number of Topliss-reactive ketones (excluding diaryl/α,β-unsaturated/α-hetero) is 1. The molecular formula is C14H11ClFNO2. The van der Waals surface area contributed by atoms with E-state index in [4.69, 9.17) is 16.3 Å². The molecule has 0 saturated carbocycles. The Hall–Kier alpha value is -1.94. The van der Waals surface area contributed by atoms with Gasteiger partial charge in [-0.3, -0.25) is 4.79 Å². The highest BCUT2D eigenvalue weighted by molar-refractivity contribution is 6.30. The second-order valence-electron chi connectivity index (χ2n) is 3.90. The first-order valence-corrected chi connectivity index (χ1v) is 5.95. The van der Waals surface area contributed by atoms with Crippen molar-refractivity contribution >= 4 is 17.4 Å². The van der Waals surface area contributed by atoms with Gasteiger partial charge in [0.1, 0.15) is 5.82 Å². The Morgan fingerprint density at radius 2 is 2.21 bits per heavy atom. The molecule has 98 valence electrons. The molecule has 0 aliphatic heterocycles. The lowest BCUT2D eigenvalue weighted by Gasteiger charge is -2.06. The van der Waals surface area contributed by atoms with Crippen molar-refractivity contribution in [1.29, 1.82) is 0 Å². The molecule has 0 fully saturated rings. The van der Waals surface area contributed by atoms with E-state index in [2.05, 4.69) is 4.98 Å². The van der Waals surface area contributed by atoms with Crippen LogP contribution < -0.4 is 4.74 Å². The number of rotatable bonds is 4. The van der Waals surface area contributed by atoms with Crippen molar-refractivity contribution in [3.63, 3.8) is 0 Å². The Morgan fingerprint density at radius 3 is 2.89 bits per heavy atom. The van der Waals surface area contributed by atoms with E-state index in [1.165, 1.54) is 25.4 Å². The van der Waals surface area contributed by atoms with Gasteiger partial charge < -0.3 is 4.74 Å². The lowest BCUT2D eigenvalue weighted by molar-refractivity contribution is 0.0988. The number of hydrogen-bond acceptors (Lipinski definition) is 3. The number of methoxy groups -OCH3 is 1. The lowest BCUT2D eigenvalue weighted by Crippen LogP contribution is -2.08. The van der Waals surface area contributed by atoms with E-state index in [0.717, 1.165) is 0 Å². The Bertz CT molecular complexity index is 616. The third-order valence-electron chi connectivity index (χ3n) is 2.63. The summed E-state index contributed by atoms with van der Waals surface area (Å²) in [6.07, 6.45) is 1.46. The number of carbonyl (C=O) groups excluding carboxylic acids is 1. The summed E-state index contributed by atoms with van der Waals surface area (Å²) in [5.41, 5.74) is 0.625. The monoisotopic (exact) mass is 279 g/mol. The van der Waals surface area contributed by atoms with Crippen LogP contribution in [0.3, 0.4) is 0 Å². The molecule has 2 aromatic rings. The summed E-state index contributed by atoms with van der Waals surface area (Å²) >= 11 is 5.66. The second kappa shape index (κ2) is 5.80. The number of pyridine rings is 1. The van der Waals surface area contributed by atoms with Crippen LogP contribution in [-0.4, -0.2) is 17.9 Å². The Labute approximate surface area is 115 Å². The summed E-state index contributed by atoms with van der Waals surface area (Å²) in [6, 6.07) is 7.47. The van der Waals surface area contributed by atoms with Crippen molar-refractivity contribution in [2.75, 3.05) is 7.11 Å². The van der Waals surface area contributed by atoms with Gasteiger partial charge in [-0.05, 0) is 29.8 Å². The molecule has 0 amide bonds. The number of halogens is 2. The van der Waals surface area contributed by atoms with Gasteiger partial charge in [0.25, 0.3) is 0 Å². The zero-order valence-corrected chi connectivity index (χ0v) is 10.9. The third-order valence-corrected chi connectivity index (χ3v) is 2.87. The van der Waals surface area contributed by atoms with Gasteiger partial charge in [0.05, 0.1) is 12.7 Å². The molecule has 0 N–H and O–H groups in total. The standard InChI is InChI=1S/C14H11ClFNO2/c1-19-14-11(3-2-6-17-14)13(18)7-9-4-5-10(15)8-12(9)16/h2-6,8H,7H2,1H3. The van der Waals surface area contributed by atoms with Crippen molar-refractivity contribution in [3.05, 3.63) is 58.5 Å². The number of nitrogens with zero attached hydrogens (tertiary/aromatic N) is 1. The first-order valence-electron chi connectivity index (χ1n) is 5.58. The van der Waals surface area contributed by atoms with Crippen LogP contribution in [0.25, 0.3) is 0 Å². The maximum absolute atomic E-state index is 13.6. The predicted octanol–water partition coefficient (Wildman–Crippen LogP) is 3.31. The third kappa shape index (κ3) is 3.09. The van der Waals surface area contributed by atoms with Crippen molar-refractivity contribution in [1.82, 2.24) is 4.98 Å². The minimum absolute atomic E-state index is 0.0644. The van der Waals surface area contributed by atoms with Crippen molar-refractivity contribution < 1.29 is 13.9 Å². The first-order chi connectivity index (χ1) is 9.11. The second-order valence-corrected chi connectivity index (χ2v) is 4.33. The summed E-state index contributed by atoms with van der Waals surface area (Å²) < 4.78 is 18.6. The van der Waals surface area contributed by atoms with Gasteiger partial charge in [-0.2, -0.15) is 0 Å². The summed E-state index contributed by atoms with van der Waals surface area (Å²) in [4.78, 5) is 16.0. The highest BCUT2D eigenvalue weighted by Crippen LogP contribution is 2.19. The number of aromatic nitrogens is 1. The summed E-state index contributed by atoms with van der Waals surface area (Å²) in [7, 11) is 1.43. The Kier molecular flexibility index (Phi) is 4.12. The highest BCUT2D eigenvalue weighted by atomic mass is 35.5. The lowest BCUT2D eigenvalue weighted by atomic mass is 10.0. The van der Waals surface area contributed by atoms with Crippen molar-refractivity contribution in [2.45, 2.75) is 6.42 Å². The van der Waals surface area contributed by atoms with Gasteiger partial charge in [0, 0.05) is 17.6 Å². The van der Waals surface area contributed by atoms with Crippen molar-refractivity contribution in [3.8, 4) is 5.88 Å². The van der Waals surface area contributed by atoms with E-state index in [1.807, 2.05) is 0 Å². The zero-order valence-electron chi connectivity index (χ0n) is 10.2. The first kappa shape index (κ1) is 13.5. The van der Waals surface area contributed by atoms with Crippen LogP contribution in [-0.2, 0) is 6.42 Å². The van der Waals surface area contributed by atoms with E-state index in [1.54, 1.807) is 18.2 Å². The fourth-order valence-electron chi connectivity index (χ4n) is 1.70.